The van der Waals surface area contributed by atoms with Crippen LogP contribution in [0.4, 0.5) is 13.2 Å². The molecule has 1 N–H and O–H groups in total. The third-order valence-electron chi connectivity index (χ3n) is 4.76. The van der Waals surface area contributed by atoms with E-state index >= 15 is 0 Å². The minimum absolute atomic E-state index is 0.266. The Hall–Kier alpha value is -2.36. The smallest absolute Gasteiger partial charge is 0.279 e. The van der Waals surface area contributed by atoms with Crippen LogP contribution < -0.4 is 15.9 Å². The molecule has 0 amide bonds. The Morgan fingerprint density at radius 1 is 0.590 bits per heavy atom. The van der Waals surface area contributed by atoms with Crippen molar-refractivity contribution < 1.29 is 51.4 Å². The maximum absolute atomic E-state index is 12.9. The largest absolute Gasteiger partial charge is 0.522 e. The lowest BCUT2D eigenvalue weighted by Crippen LogP contribution is -2.28. The van der Waals surface area contributed by atoms with Gasteiger partial charge in [-0.1, -0.05) is 66.7 Å². The molecular formula is C22H22F3O9PS4. The van der Waals surface area contributed by atoms with Crippen molar-refractivity contribution >= 4 is 63.5 Å². The summed E-state index contributed by atoms with van der Waals surface area (Å²) < 4.78 is 133. The van der Waals surface area contributed by atoms with E-state index in [0.717, 1.165) is 29.4 Å². The van der Waals surface area contributed by atoms with Gasteiger partial charge < -0.3 is 0 Å². The number of rotatable bonds is 6. The molecule has 0 fully saturated rings. The van der Waals surface area contributed by atoms with Crippen LogP contribution >= 0.6 is 7.92 Å². The summed E-state index contributed by atoms with van der Waals surface area (Å²) in [4.78, 5) is -1.65. The van der Waals surface area contributed by atoms with E-state index in [2.05, 4.69) is 0 Å². The summed E-state index contributed by atoms with van der Waals surface area (Å²) in [6.45, 7) is 0. The van der Waals surface area contributed by atoms with Gasteiger partial charge in [-0.05, 0) is 24.6 Å². The van der Waals surface area contributed by atoms with Gasteiger partial charge in [0.25, 0.3) is 0 Å². The monoisotopic (exact) mass is 646 g/mol. The summed E-state index contributed by atoms with van der Waals surface area (Å²) in [5.41, 5.74) is -5.53. The van der Waals surface area contributed by atoms with Crippen molar-refractivity contribution in [1.82, 2.24) is 0 Å². The summed E-state index contributed by atoms with van der Waals surface area (Å²) in [5.74, 6) is 0. The number of halogens is 3. The highest BCUT2D eigenvalue weighted by atomic mass is 32.2. The number of benzene rings is 3. The van der Waals surface area contributed by atoms with Gasteiger partial charge in [-0.3, -0.25) is 4.55 Å². The van der Waals surface area contributed by atoms with Crippen LogP contribution in [0.3, 0.4) is 0 Å². The second kappa shape index (κ2) is 11.6. The molecular weight excluding hydrogens is 624 g/mol. The fourth-order valence-corrected chi connectivity index (χ4v) is 10.9. The molecule has 214 valence electrons. The predicted octanol–water partition coefficient (Wildman–Crippen LogP) is 2.05. The summed E-state index contributed by atoms with van der Waals surface area (Å²) in [6.07, 6.45) is 2.58. The van der Waals surface area contributed by atoms with Gasteiger partial charge in [0, 0.05) is 24.1 Å². The van der Waals surface area contributed by atoms with Crippen molar-refractivity contribution in [2.45, 2.75) is 20.2 Å². The number of alkyl halides is 3. The van der Waals surface area contributed by atoms with Crippen LogP contribution in [0.2, 0.25) is 0 Å². The lowest BCUT2D eigenvalue weighted by atomic mass is 10.3. The van der Waals surface area contributed by atoms with Gasteiger partial charge in [0.05, 0.1) is 9.79 Å². The van der Waals surface area contributed by atoms with Gasteiger partial charge in [-0.25, -0.2) is 25.3 Å². The summed E-state index contributed by atoms with van der Waals surface area (Å²) in [7, 11) is -19.6. The molecule has 0 aliphatic rings. The first-order valence-electron chi connectivity index (χ1n) is 10.3. The van der Waals surface area contributed by atoms with Crippen LogP contribution in [-0.2, 0) is 39.6 Å². The van der Waals surface area contributed by atoms with E-state index in [-0.39, 0.29) is 5.30 Å². The lowest BCUT2D eigenvalue weighted by Gasteiger charge is -2.24. The quantitative estimate of drug-likeness (QED) is 0.241. The van der Waals surface area contributed by atoms with Gasteiger partial charge in [0.15, 0.2) is 29.5 Å². The Kier molecular flexibility index (Phi) is 9.80. The molecule has 0 aliphatic carbocycles. The zero-order chi connectivity index (χ0) is 30.0. The lowest BCUT2D eigenvalue weighted by molar-refractivity contribution is -0.0510. The van der Waals surface area contributed by atoms with E-state index in [9.17, 15) is 38.4 Å². The van der Waals surface area contributed by atoms with Gasteiger partial charge in [-0.15, -0.1) is 0 Å². The fourth-order valence-electron chi connectivity index (χ4n) is 3.29. The van der Waals surface area contributed by atoms with Gasteiger partial charge in [-0.2, -0.15) is 21.6 Å². The van der Waals surface area contributed by atoms with Crippen molar-refractivity contribution in [2.75, 3.05) is 18.8 Å². The van der Waals surface area contributed by atoms with Crippen LogP contribution in [0, 0.1) is 0 Å². The van der Waals surface area contributed by atoms with E-state index in [1.807, 2.05) is 60.7 Å². The van der Waals surface area contributed by atoms with Crippen LogP contribution in [0.5, 0.6) is 0 Å². The third-order valence-corrected chi connectivity index (χ3v) is 11.7. The molecule has 0 heterocycles. The highest BCUT2D eigenvalue weighted by Gasteiger charge is 2.44. The molecule has 0 aliphatic heterocycles. The molecule has 3 aromatic rings. The fraction of sp³-hybridized carbons (Fsp3) is 0.182. The maximum Gasteiger partial charge on any atom is 0.522 e. The van der Waals surface area contributed by atoms with Crippen LogP contribution in [0.15, 0.2) is 87.5 Å². The summed E-state index contributed by atoms with van der Waals surface area (Å²) >= 11 is 0. The topological polar surface area (TPSA) is 157 Å². The first-order valence-corrected chi connectivity index (χ1v) is 18.7. The van der Waals surface area contributed by atoms with Crippen molar-refractivity contribution in [2.24, 2.45) is 0 Å². The third kappa shape index (κ3) is 8.32. The number of hydrogen-bond acceptors (Lipinski definition) is 8. The molecule has 0 unspecified atom stereocenters. The van der Waals surface area contributed by atoms with Gasteiger partial charge >= 0.3 is 15.6 Å². The minimum Gasteiger partial charge on any atom is -0.279 e. The second-order valence-corrected chi connectivity index (χ2v) is 17.5. The van der Waals surface area contributed by atoms with E-state index in [1.54, 1.807) is 0 Å². The number of hydrogen-bond donors (Lipinski definition) is 1. The van der Waals surface area contributed by atoms with E-state index in [0.29, 0.717) is 0 Å². The molecule has 0 spiro atoms. The summed E-state index contributed by atoms with van der Waals surface area (Å²) in [6, 6.07) is 20.9. The Bertz CT molecular complexity index is 1730. The molecule has 0 saturated heterocycles. The molecule has 0 saturated carbocycles. The molecule has 3 rings (SSSR count). The zero-order valence-electron chi connectivity index (χ0n) is 20.4. The SMILES string of the molecule is CS(=O)(=O)c1ccc(P(c2ccccc2)c2ccccc2)c(S(C)(=O)=O)c1S(C)(=O)=O.O=S(=O)(O)C(F)(F)F. The number of sulfone groups is 3. The van der Waals surface area contributed by atoms with E-state index in [1.165, 1.54) is 12.1 Å². The summed E-state index contributed by atoms with van der Waals surface area (Å²) in [5, 5.41) is 1.88. The van der Waals surface area contributed by atoms with Crippen LogP contribution in [-0.4, -0.2) is 62.5 Å². The minimum atomic E-state index is -5.84. The average Bonchev–Trinajstić information content (AvgIpc) is 2.77. The Labute approximate surface area is 226 Å². The predicted molar refractivity (Wildman–Crippen MR) is 142 cm³/mol. The first kappa shape index (κ1) is 32.8. The van der Waals surface area contributed by atoms with Crippen LogP contribution in [0.25, 0.3) is 0 Å². The highest BCUT2D eigenvalue weighted by molar-refractivity contribution is 7.96. The molecule has 3 aromatic carbocycles. The van der Waals surface area contributed by atoms with Gasteiger partial charge in [0.1, 0.15) is 4.90 Å². The van der Waals surface area contributed by atoms with Crippen molar-refractivity contribution in [3.8, 4) is 0 Å². The van der Waals surface area contributed by atoms with Crippen molar-refractivity contribution in [3.63, 3.8) is 0 Å². The molecule has 0 aromatic heterocycles. The standard InChI is InChI=1S/C21H21O6PS3.CHF3O3S/c1-29(22,23)19-15-14-18(20(30(2,24)25)21(19)31(3,26)27)28(16-10-6-4-7-11-16)17-12-8-5-9-13-17;2-1(3,4)8(5,6)7/h4-15H,1-3H3;(H,5,6,7). The van der Waals surface area contributed by atoms with Crippen molar-refractivity contribution in [3.05, 3.63) is 72.8 Å². The Morgan fingerprint density at radius 2 is 0.949 bits per heavy atom. The van der Waals surface area contributed by atoms with Gasteiger partial charge in [0.2, 0.25) is 0 Å². The molecule has 17 heteroatoms. The Morgan fingerprint density at radius 3 is 1.23 bits per heavy atom. The molecule has 0 bridgehead atoms. The van der Waals surface area contributed by atoms with E-state index < -0.39 is 67.7 Å². The average molecular weight is 647 g/mol. The maximum atomic E-state index is 12.9. The van der Waals surface area contributed by atoms with Crippen molar-refractivity contribution in [1.29, 1.82) is 0 Å². The van der Waals surface area contributed by atoms with Crippen LogP contribution in [0.1, 0.15) is 0 Å². The van der Waals surface area contributed by atoms with E-state index in [4.69, 9.17) is 13.0 Å². The molecule has 39 heavy (non-hydrogen) atoms. The molecule has 0 radical (unpaired) electrons. The normalized spacial score (nSPS) is 13.0. The zero-order valence-corrected chi connectivity index (χ0v) is 24.5. The molecule has 0 atom stereocenters. The highest BCUT2D eigenvalue weighted by Crippen LogP contribution is 2.39. The molecule has 9 nitrogen and oxygen atoms in total. The Balaban J connectivity index is 0.000000580. The first-order chi connectivity index (χ1) is 17.6. The second-order valence-electron chi connectivity index (χ2n) is 7.98.